The smallest absolute Gasteiger partial charge is 0.317 e. The molecule has 0 unspecified atom stereocenters. The molecule has 1 aliphatic carbocycles. The van der Waals surface area contributed by atoms with E-state index in [4.69, 9.17) is 0 Å². The first kappa shape index (κ1) is 16.2. The SMILES string of the molecule is CCN(CC)C(=O)NCCS(=O)(=O)NC1CCCC1. The Balaban J connectivity index is 2.28. The normalized spacial score (nSPS) is 16.5. The number of urea groups is 1. The van der Waals surface area contributed by atoms with Crippen molar-refractivity contribution in [1.29, 1.82) is 0 Å². The molecule has 0 saturated heterocycles. The second-order valence-corrected chi connectivity index (χ2v) is 6.70. The van der Waals surface area contributed by atoms with Crippen molar-refractivity contribution in [3.63, 3.8) is 0 Å². The first-order chi connectivity index (χ1) is 8.98. The standard InChI is InChI=1S/C12H25N3O3S/c1-3-15(4-2)12(16)13-9-10-19(17,18)14-11-7-5-6-8-11/h11,14H,3-10H2,1-2H3,(H,13,16). The van der Waals surface area contributed by atoms with Gasteiger partial charge in [-0.25, -0.2) is 17.9 Å². The lowest BCUT2D eigenvalue weighted by molar-refractivity contribution is 0.204. The molecule has 7 heteroatoms. The lowest BCUT2D eigenvalue weighted by atomic mass is 10.3. The lowest BCUT2D eigenvalue weighted by Crippen LogP contribution is -2.43. The van der Waals surface area contributed by atoms with Crippen LogP contribution in [0.5, 0.6) is 0 Å². The summed E-state index contributed by atoms with van der Waals surface area (Å²) >= 11 is 0. The van der Waals surface area contributed by atoms with Crippen LogP contribution in [-0.4, -0.2) is 50.8 Å². The molecule has 0 heterocycles. The van der Waals surface area contributed by atoms with Gasteiger partial charge >= 0.3 is 6.03 Å². The molecule has 1 aliphatic rings. The molecule has 0 bridgehead atoms. The van der Waals surface area contributed by atoms with E-state index in [0.717, 1.165) is 25.7 Å². The molecular formula is C12H25N3O3S. The highest BCUT2D eigenvalue weighted by atomic mass is 32.2. The summed E-state index contributed by atoms with van der Waals surface area (Å²) in [5.41, 5.74) is 0. The molecule has 0 aliphatic heterocycles. The molecule has 2 amide bonds. The van der Waals surface area contributed by atoms with Crippen LogP contribution in [0.1, 0.15) is 39.5 Å². The van der Waals surface area contributed by atoms with E-state index in [1.807, 2.05) is 13.8 Å². The molecule has 0 aromatic carbocycles. The summed E-state index contributed by atoms with van der Waals surface area (Å²) in [5, 5.41) is 2.63. The molecular weight excluding hydrogens is 266 g/mol. The molecule has 0 aromatic heterocycles. The van der Waals surface area contributed by atoms with E-state index >= 15 is 0 Å². The Kier molecular flexibility index (Phi) is 6.57. The van der Waals surface area contributed by atoms with Gasteiger partial charge in [0.1, 0.15) is 0 Å². The number of carbonyl (C=O) groups excluding carboxylic acids is 1. The monoisotopic (exact) mass is 291 g/mol. The van der Waals surface area contributed by atoms with Crippen LogP contribution in [0.3, 0.4) is 0 Å². The lowest BCUT2D eigenvalue weighted by Gasteiger charge is -2.19. The van der Waals surface area contributed by atoms with E-state index in [0.29, 0.717) is 13.1 Å². The van der Waals surface area contributed by atoms with E-state index in [-0.39, 0.29) is 24.4 Å². The molecule has 0 aromatic rings. The average molecular weight is 291 g/mol. The minimum Gasteiger partial charge on any atom is -0.337 e. The van der Waals surface area contributed by atoms with Crippen molar-refractivity contribution in [3.05, 3.63) is 0 Å². The Hall–Kier alpha value is -0.820. The topological polar surface area (TPSA) is 78.5 Å². The minimum atomic E-state index is -3.28. The highest BCUT2D eigenvalue weighted by Gasteiger charge is 2.21. The molecule has 2 N–H and O–H groups in total. The number of sulfonamides is 1. The number of amides is 2. The summed E-state index contributed by atoms with van der Waals surface area (Å²) in [6, 6.07) is -0.121. The third kappa shape index (κ3) is 5.78. The van der Waals surface area contributed by atoms with Crippen molar-refractivity contribution in [3.8, 4) is 0 Å². The van der Waals surface area contributed by atoms with E-state index in [2.05, 4.69) is 10.0 Å². The third-order valence-corrected chi connectivity index (χ3v) is 4.83. The predicted octanol–water partition coefficient (Wildman–Crippen LogP) is 0.900. The van der Waals surface area contributed by atoms with Crippen LogP contribution in [0.4, 0.5) is 4.79 Å². The maximum absolute atomic E-state index is 11.8. The van der Waals surface area contributed by atoms with Gasteiger partial charge < -0.3 is 10.2 Å². The average Bonchev–Trinajstić information content (AvgIpc) is 2.82. The van der Waals surface area contributed by atoms with Crippen molar-refractivity contribution >= 4 is 16.1 Å². The Morgan fingerprint density at radius 3 is 2.32 bits per heavy atom. The fourth-order valence-corrected chi connectivity index (χ4v) is 3.50. The molecule has 112 valence electrons. The highest BCUT2D eigenvalue weighted by Crippen LogP contribution is 2.18. The Morgan fingerprint density at radius 2 is 1.79 bits per heavy atom. The predicted molar refractivity (Wildman–Crippen MR) is 75.5 cm³/mol. The Bertz CT molecular complexity index is 374. The van der Waals surface area contributed by atoms with Crippen LogP contribution in [0.2, 0.25) is 0 Å². The molecule has 0 spiro atoms. The maximum atomic E-state index is 11.8. The molecule has 0 atom stereocenters. The van der Waals surface area contributed by atoms with Gasteiger partial charge in [0.15, 0.2) is 0 Å². The minimum absolute atomic E-state index is 0.0590. The van der Waals surface area contributed by atoms with Crippen LogP contribution in [-0.2, 0) is 10.0 Å². The summed E-state index contributed by atoms with van der Waals surface area (Å²) in [5.74, 6) is -0.0590. The van der Waals surface area contributed by atoms with Crippen LogP contribution in [0.25, 0.3) is 0 Å². The van der Waals surface area contributed by atoms with Gasteiger partial charge in [-0.05, 0) is 26.7 Å². The van der Waals surface area contributed by atoms with Crippen molar-refractivity contribution in [2.75, 3.05) is 25.4 Å². The van der Waals surface area contributed by atoms with E-state index < -0.39 is 10.0 Å². The van der Waals surface area contributed by atoms with Gasteiger partial charge in [-0.2, -0.15) is 0 Å². The van der Waals surface area contributed by atoms with Crippen molar-refractivity contribution in [1.82, 2.24) is 14.9 Å². The zero-order valence-electron chi connectivity index (χ0n) is 11.8. The summed E-state index contributed by atoms with van der Waals surface area (Å²) in [7, 11) is -3.28. The summed E-state index contributed by atoms with van der Waals surface area (Å²) in [6.45, 7) is 5.17. The number of rotatable bonds is 7. The summed E-state index contributed by atoms with van der Waals surface area (Å²) in [4.78, 5) is 13.3. The summed E-state index contributed by atoms with van der Waals surface area (Å²) in [6.07, 6.45) is 4.02. The van der Waals surface area contributed by atoms with Gasteiger partial charge in [0.2, 0.25) is 10.0 Å². The van der Waals surface area contributed by atoms with Crippen LogP contribution in [0, 0.1) is 0 Å². The highest BCUT2D eigenvalue weighted by molar-refractivity contribution is 7.89. The van der Waals surface area contributed by atoms with Crippen LogP contribution < -0.4 is 10.0 Å². The van der Waals surface area contributed by atoms with Gasteiger partial charge in [0.25, 0.3) is 0 Å². The quantitative estimate of drug-likeness (QED) is 0.731. The maximum Gasteiger partial charge on any atom is 0.317 e. The van der Waals surface area contributed by atoms with Crippen LogP contribution >= 0.6 is 0 Å². The first-order valence-electron chi connectivity index (χ1n) is 7.01. The molecule has 1 rings (SSSR count). The van der Waals surface area contributed by atoms with Gasteiger partial charge in [-0.1, -0.05) is 12.8 Å². The first-order valence-corrected chi connectivity index (χ1v) is 8.66. The molecule has 19 heavy (non-hydrogen) atoms. The zero-order valence-corrected chi connectivity index (χ0v) is 12.6. The molecule has 1 fully saturated rings. The molecule has 6 nitrogen and oxygen atoms in total. The van der Waals surface area contributed by atoms with Crippen molar-refractivity contribution in [2.24, 2.45) is 0 Å². The second kappa shape index (κ2) is 7.69. The zero-order chi connectivity index (χ0) is 14.3. The van der Waals surface area contributed by atoms with Crippen molar-refractivity contribution < 1.29 is 13.2 Å². The van der Waals surface area contributed by atoms with E-state index in [9.17, 15) is 13.2 Å². The largest absolute Gasteiger partial charge is 0.337 e. The number of carbonyl (C=O) groups is 1. The number of hydrogen-bond acceptors (Lipinski definition) is 3. The number of nitrogens with one attached hydrogen (secondary N) is 2. The second-order valence-electron chi connectivity index (χ2n) is 4.82. The fraction of sp³-hybridized carbons (Fsp3) is 0.917. The Morgan fingerprint density at radius 1 is 1.21 bits per heavy atom. The third-order valence-electron chi connectivity index (χ3n) is 3.40. The number of hydrogen-bond donors (Lipinski definition) is 2. The van der Waals surface area contributed by atoms with E-state index in [1.54, 1.807) is 4.90 Å². The number of nitrogens with zero attached hydrogens (tertiary/aromatic N) is 1. The van der Waals surface area contributed by atoms with Gasteiger partial charge in [-0.3, -0.25) is 0 Å². The van der Waals surface area contributed by atoms with E-state index in [1.165, 1.54) is 0 Å². The fourth-order valence-electron chi connectivity index (χ4n) is 2.27. The molecule has 0 radical (unpaired) electrons. The van der Waals surface area contributed by atoms with Gasteiger partial charge in [0, 0.05) is 25.7 Å². The van der Waals surface area contributed by atoms with Crippen molar-refractivity contribution in [2.45, 2.75) is 45.6 Å². The van der Waals surface area contributed by atoms with Gasteiger partial charge in [-0.15, -0.1) is 0 Å². The van der Waals surface area contributed by atoms with Gasteiger partial charge in [0.05, 0.1) is 5.75 Å². The Labute approximate surface area is 116 Å². The van der Waals surface area contributed by atoms with Crippen LogP contribution in [0.15, 0.2) is 0 Å². The summed E-state index contributed by atoms with van der Waals surface area (Å²) < 4.78 is 26.3. The molecule has 1 saturated carbocycles.